The largest absolute Gasteiger partial charge is 0.489 e. The molecule has 3 aromatic rings. The molecule has 31 heavy (non-hydrogen) atoms. The Labute approximate surface area is 178 Å². The Balaban J connectivity index is 1.54. The van der Waals surface area contributed by atoms with E-state index < -0.39 is 18.2 Å². The molecule has 1 aromatic heterocycles. The van der Waals surface area contributed by atoms with E-state index in [0.717, 1.165) is 16.6 Å². The number of aromatic amines is 1. The number of benzene rings is 2. The van der Waals surface area contributed by atoms with E-state index >= 15 is 0 Å². The Morgan fingerprint density at radius 3 is 2.84 bits per heavy atom. The molecule has 4 N–H and O–H groups in total. The number of H-pyrrole nitrogens is 1. The van der Waals surface area contributed by atoms with Crippen molar-refractivity contribution in [3.63, 3.8) is 0 Å². The maximum Gasteiger partial charge on any atom is 0.415 e. The second-order valence-corrected chi connectivity index (χ2v) is 7.26. The lowest BCUT2D eigenvalue weighted by molar-refractivity contribution is -0.131. The van der Waals surface area contributed by atoms with E-state index in [-0.39, 0.29) is 30.3 Å². The van der Waals surface area contributed by atoms with Crippen LogP contribution in [0.1, 0.15) is 18.2 Å². The van der Waals surface area contributed by atoms with Gasteiger partial charge in [-0.15, -0.1) is 0 Å². The summed E-state index contributed by atoms with van der Waals surface area (Å²) >= 11 is 0. The zero-order chi connectivity index (χ0) is 22.1. The molecule has 1 saturated heterocycles. The highest BCUT2D eigenvalue weighted by Crippen LogP contribution is 2.35. The number of amidine groups is 1. The molecular formula is C22H22N4O5. The molecule has 2 heterocycles. The lowest BCUT2D eigenvalue weighted by atomic mass is 10.1. The molecule has 9 heteroatoms. The maximum atomic E-state index is 12.5. The minimum atomic E-state index is -0.599. The highest BCUT2D eigenvalue weighted by atomic mass is 16.6. The number of esters is 1. The highest BCUT2D eigenvalue weighted by molar-refractivity contribution is 6.02. The molecule has 2 aromatic carbocycles. The summed E-state index contributed by atoms with van der Waals surface area (Å²) in [7, 11) is 0. The minimum absolute atomic E-state index is 0.0496. The Kier molecular flexibility index (Phi) is 5.24. The molecule has 1 atom stereocenters. The van der Waals surface area contributed by atoms with E-state index in [0.29, 0.717) is 11.4 Å². The van der Waals surface area contributed by atoms with Gasteiger partial charge in [-0.05, 0) is 37.3 Å². The van der Waals surface area contributed by atoms with Gasteiger partial charge in [-0.3, -0.25) is 15.1 Å². The third-order valence-corrected chi connectivity index (χ3v) is 4.88. The molecule has 1 aliphatic rings. The lowest BCUT2D eigenvalue weighted by Crippen LogP contribution is -2.28. The number of amides is 1. The number of aromatic nitrogens is 1. The number of carbonyl (C=O) groups excluding carboxylic acids is 2. The third kappa shape index (κ3) is 4.02. The standard InChI is InChI=1S/C22H22N4O5/c1-12-9-16-17(25-12)6-4-8-19(16)29-11-14-10-26(22(28)31-14)18-7-3-5-15(21(23)24)20(18)30-13(2)27/h3-9,14,25H,10-11H2,1-2H3,(H3,23,24). The number of cyclic esters (lactones) is 1. The summed E-state index contributed by atoms with van der Waals surface area (Å²) in [6.45, 7) is 3.55. The number of aryl methyl sites for hydroxylation is 1. The molecule has 0 spiro atoms. The number of nitrogens with two attached hydrogens (primary N) is 1. The van der Waals surface area contributed by atoms with Gasteiger partial charge in [0.2, 0.25) is 0 Å². The fourth-order valence-corrected chi connectivity index (χ4v) is 3.58. The number of hydrogen-bond acceptors (Lipinski definition) is 6. The molecule has 1 aliphatic heterocycles. The van der Waals surface area contributed by atoms with Crippen LogP contribution in [0.4, 0.5) is 10.5 Å². The Hall–Kier alpha value is -4.01. The van der Waals surface area contributed by atoms with Gasteiger partial charge in [0.05, 0.1) is 17.8 Å². The second-order valence-electron chi connectivity index (χ2n) is 7.26. The molecule has 0 saturated carbocycles. The van der Waals surface area contributed by atoms with Gasteiger partial charge in [-0.2, -0.15) is 0 Å². The minimum Gasteiger partial charge on any atom is -0.489 e. The number of anilines is 1. The fourth-order valence-electron chi connectivity index (χ4n) is 3.58. The van der Waals surface area contributed by atoms with Crippen molar-refractivity contribution in [3.8, 4) is 11.5 Å². The number of fused-ring (bicyclic) bond motifs is 1. The van der Waals surface area contributed by atoms with E-state index in [1.807, 2.05) is 31.2 Å². The Morgan fingerprint density at radius 1 is 1.32 bits per heavy atom. The predicted octanol–water partition coefficient (Wildman–Crippen LogP) is 3.09. The molecule has 160 valence electrons. The third-order valence-electron chi connectivity index (χ3n) is 4.88. The van der Waals surface area contributed by atoms with Crippen molar-refractivity contribution in [1.82, 2.24) is 4.98 Å². The summed E-state index contributed by atoms with van der Waals surface area (Å²) in [5.41, 5.74) is 8.12. The average Bonchev–Trinajstić information content (AvgIpc) is 3.27. The molecular weight excluding hydrogens is 400 g/mol. The zero-order valence-corrected chi connectivity index (χ0v) is 17.1. The molecule has 9 nitrogen and oxygen atoms in total. The Bertz CT molecular complexity index is 1190. The predicted molar refractivity (Wildman–Crippen MR) is 115 cm³/mol. The van der Waals surface area contributed by atoms with Crippen LogP contribution in [0.15, 0.2) is 42.5 Å². The van der Waals surface area contributed by atoms with Crippen molar-refractivity contribution >= 4 is 34.5 Å². The average molecular weight is 422 g/mol. The van der Waals surface area contributed by atoms with Crippen LogP contribution in [0, 0.1) is 12.3 Å². The number of nitrogens with zero attached hydrogens (tertiary/aromatic N) is 1. The summed E-state index contributed by atoms with van der Waals surface area (Å²) in [6, 6.07) is 12.5. The number of ether oxygens (including phenoxy) is 3. The van der Waals surface area contributed by atoms with Crippen molar-refractivity contribution in [2.75, 3.05) is 18.1 Å². The number of carbonyl (C=O) groups is 2. The smallest absolute Gasteiger partial charge is 0.415 e. The van der Waals surface area contributed by atoms with Gasteiger partial charge in [-0.1, -0.05) is 12.1 Å². The van der Waals surface area contributed by atoms with Gasteiger partial charge in [0.15, 0.2) is 11.9 Å². The summed E-state index contributed by atoms with van der Waals surface area (Å²) in [6.07, 6.45) is -1.13. The summed E-state index contributed by atoms with van der Waals surface area (Å²) in [5.74, 6) is -0.123. The number of nitrogen functional groups attached to an aromatic ring is 1. The molecule has 0 aliphatic carbocycles. The topological polar surface area (TPSA) is 131 Å². The Morgan fingerprint density at radius 2 is 2.10 bits per heavy atom. The van der Waals surface area contributed by atoms with E-state index in [9.17, 15) is 9.59 Å². The van der Waals surface area contributed by atoms with Crippen LogP contribution in [-0.4, -0.2) is 42.1 Å². The van der Waals surface area contributed by atoms with Crippen LogP contribution in [0.3, 0.4) is 0 Å². The van der Waals surface area contributed by atoms with Crippen LogP contribution in [-0.2, 0) is 9.53 Å². The van der Waals surface area contributed by atoms with Crippen LogP contribution in [0.5, 0.6) is 11.5 Å². The summed E-state index contributed by atoms with van der Waals surface area (Å²) in [4.78, 5) is 28.7. The lowest BCUT2D eigenvalue weighted by Gasteiger charge is -2.19. The van der Waals surface area contributed by atoms with Crippen LogP contribution in [0.25, 0.3) is 10.9 Å². The number of para-hydroxylation sites is 1. The molecule has 1 amide bonds. The summed E-state index contributed by atoms with van der Waals surface area (Å²) in [5, 5.41) is 8.69. The molecule has 0 bridgehead atoms. The quantitative estimate of drug-likeness (QED) is 0.242. The van der Waals surface area contributed by atoms with Crippen LogP contribution >= 0.6 is 0 Å². The van der Waals surface area contributed by atoms with Crippen LogP contribution < -0.4 is 20.1 Å². The normalized spacial score (nSPS) is 15.7. The van der Waals surface area contributed by atoms with Gasteiger partial charge in [0.25, 0.3) is 0 Å². The molecule has 1 fully saturated rings. The van der Waals surface area contributed by atoms with E-state index in [1.54, 1.807) is 18.2 Å². The van der Waals surface area contributed by atoms with Crippen LogP contribution in [0.2, 0.25) is 0 Å². The fraction of sp³-hybridized carbons (Fsp3) is 0.227. The van der Waals surface area contributed by atoms with Crippen molar-refractivity contribution in [2.45, 2.75) is 20.0 Å². The van der Waals surface area contributed by atoms with E-state index in [2.05, 4.69) is 4.98 Å². The SMILES string of the molecule is CC(=O)Oc1c(C(=N)N)cccc1N1CC(COc2cccc3[nH]c(C)cc23)OC1=O. The first-order valence-electron chi connectivity index (χ1n) is 9.68. The van der Waals surface area contributed by atoms with Crippen molar-refractivity contribution in [3.05, 3.63) is 53.7 Å². The number of rotatable bonds is 6. The molecule has 0 radical (unpaired) electrons. The van der Waals surface area contributed by atoms with Gasteiger partial charge < -0.3 is 24.9 Å². The van der Waals surface area contributed by atoms with Crippen molar-refractivity contribution in [2.24, 2.45) is 5.73 Å². The van der Waals surface area contributed by atoms with E-state index in [4.69, 9.17) is 25.4 Å². The number of hydrogen-bond donors (Lipinski definition) is 3. The second kappa shape index (κ2) is 8.02. The molecule has 4 rings (SSSR count). The van der Waals surface area contributed by atoms with Gasteiger partial charge in [0.1, 0.15) is 18.2 Å². The first-order valence-corrected chi connectivity index (χ1v) is 9.68. The van der Waals surface area contributed by atoms with Crippen molar-refractivity contribution in [1.29, 1.82) is 5.41 Å². The first-order chi connectivity index (χ1) is 14.8. The van der Waals surface area contributed by atoms with Crippen molar-refractivity contribution < 1.29 is 23.8 Å². The number of nitrogens with one attached hydrogen (secondary N) is 2. The zero-order valence-electron chi connectivity index (χ0n) is 17.1. The van der Waals surface area contributed by atoms with Gasteiger partial charge in [-0.25, -0.2) is 4.79 Å². The van der Waals surface area contributed by atoms with E-state index in [1.165, 1.54) is 11.8 Å². The van der Waals surface area contributed by atoms with Gasteiger partial charge >= 0.3 is 12.1 Å². The molecule has 1 unspecified atom stereocenters. The highest BCUT2D eigenvalue weighted by Gasteiger charge is 2.35. The summed E-state index contributed by atoms with van der Waals surface area (Å²) < 4.78 is 16.7. The monoisotopic (exact) mass is 422 g/mol. The maximum absolute atomic E-state index is 12.5. The van der Waals surface area contributed by atoms with Gasteiger partial charge in [0, 0.05) is 23.5 Å². The first kappa shape index (κ1) is 20.3.